The second-order valence-electron chi connectivity index (χ2n) is 32.1. The molecule has 15 rings (SSSR count). The molecule has 18 nitrogen and oxygen atoms in total. The Morgan fingerprint density at radius 2 is 0.843 bits per heavy atom. The zero-order valence-electron chi connectivity index (χ0n) is 63.0. The minimum atomic E-state index is -2.06. The van der Waals surface area contributed by atoms with Gasteiger partial charge in [-0.3, -0.25) is 29.3 Å². The van der Waals surface area contributed by atoms with Gasteiger partial charge in [0, 0.05) is 93.1 Å². The first-order chi connectivity index (χ1) is 51.4. The first kappa shape index (κ1) is 79.8. The standard InChI is InChI=1S/C31H38ClN3O3Si.2C27H31ClN4O2.CH4/c1-31(2,3)39(4,5)38-26-11-7-6-10-24(26)35-25(14-16-36)28-23(30(35)37)18-21(22-9-8-15-33-29(22)28)17-20-12-13-27(32)34-19-20;2*1-31(2)13-11-22-25-20(27(34)32(22)21-7-3-4-8-23(21)33)15-18(19-6-5-12-29-26(19)25)14-17-9-10-24(28)30-16-17;/h8-9,12-13,15-16,18-19,24-26H,6-7,10-11,14,17H2,1-5H3;2*5-6,9-10,12,15-16,21-23,33H,3-4,7-8,11,13-14H2,1-2H3;1H4/t24-,25?,26-;2*21-,22?,23-;/m000./s1. The van der Waals surface area contributed by atoms with E-state index in [1.165, 1.54) is 0 Å². The average molecular weight is 1540 g/mol. The van der Waals surface area contributed by atoms with E-state index in [1.807, 2.05) is 81.7 Å². The number of benzene rings is 3. The quantitative estimate of drug-likeness (QED) is 0.0438. The Kier molecular flexibility index (Phi) is 25.3. The molecule has 3 fully saturated rings. The molecule has 0 bridgehead atoms. The van der Waals surface area contributed by atoms with Crippen molar-refractivity contribution in [3.63, 3.8) is 0 Å². The van der Waals surface area contributed by atoms with Crippen LogP contribution in [0.15, 0.2) is 128 Å². The van der Waals surface area contributed by atoms with Gasteiger partial charge in [0.2, 0.25) is 0 Å². The van der Waals surface area contributed by atoms with Gasteiger partial charge in [-0.05, 0) is 218 Å². The fourth-order valence-electron chi connectivity index (χ4n) is 17.2. The summed E-state index contributed by atoms with van der Waals surface area (Å²) >= 11 is 18.0. The maximum Gasteiger partial charge on any atom is 0.255 e. The highest BCUT2D eigenvalue weighted by atomic mass is 35.5. The molecule has 6 aliphatic rings. The van der Waals surface area contributed by atoms with Crippen LogP contribution >= 0.6 is 34.8 Å². The van der Waals surface area contributed by atoms with Crippen LogP contribution in [0, 0.1) is 0 Å². The summed E-state index contributed by atoms with van der Waals surface area (Å²) < 4.78 is 6.97. The van der Waals surface area contributed by atoms with Crippen molar-refractivity contribution in [2.45, 2.75) is 216 Å². The summed E-state index contributed by atoms with van der Waals surface area (Å²) in [5.41, 5.74) is 13.8. The molecule has 3 aromatic carbocycles. The molecule has 0 saturated heterocycles. The van der Waals surface area contributed by atoms with Crippen LogP contribution in [-0.2, 0) is 28.5 Å². The third-order valence-corrected chi connectivity index (χ3v) is 28.6. The van der Waals surface area contributed by atoms with Gasteiger partial charge in [0.25, 0.3) is 17.7 Å². The summed E-state index contributed by atoms with van der Waals surface area (Å²) in [6.07, 6.45) is 25.6. The number of hydrogen-bond donors (Lipinski definition) is 2. The first-order valence-corrected chi connectivity index (χ1v) is 42.2. The van der Waals surface area contributed by atoms with Crippen molar-refractivity contribution in [2.24, 2.45) is 0 Å². The fraction of sp³-hybridized carbons (Fsp3) is 0.465. The predicted octanol–water partition coefficient (Wildman–Crippen LogP) is 17.2. The minimum absolute atomic E-state index is 0. The number of carbonyl (C=O) groups excluding carboxylic acids is 4. The summed E-state index contributed by atoms with van der Waals surface area (Å²) in [5.74, 6) is 0.0242. The van der Waals surface area contributed by atoms with Crippen LogP contribution in [-0.4, -0.2) is 175 Å². The van der Waals surface area contributed by atoms with Crippen LogP contribution in [0.25, 0.3) is 32.7 Å². The Balaban J connectivity index is 0.000000151. The van der Waals surface area contributed by atoms with Gasteiger partial charge >= 0.3 is 0 Å². The zero-order chi connectivity index (χ0) is 75.6. The smallest absolute Gasteiger partial charge is 0.255 e. The van der Waals surface area contributed by atoms with Crippen LogP contribution in [0.4, 0.5) is 0 Å². The van der Waals surface area contributed by atoms with Crippen molar-refractivity contribution in [3.8, 4) is 0 Å². The van der Waals surface area contributed by atoms with Gasteiger partial charge in [-0.2, -0.15) is 0 Å². The third-order valence-electron chi connectivity index (χ3n) is 23.4. The van der Waals surface area contributed by atoms with Crippen molar-refractivity contribution in [2.75, 3.05) is 41.3 Å². The lowest BCUT2D eigenvalue weighted by Crippen LogP contribution is -2.53. The predicted molar refractivity (Wildman–Crippen MR) is 433 cm³/mol. The van der Waals surface area contributed by atoms with E-state index in [4.69, 9.17) is 54.2 Å². The molecule has 9 aromatic rings. The maximum atomic E-state index is 14.3. The number of amides is 3. The van der Waals surface area contributed by atoms with E-state index in [0.29, 0.717) is 40.3 Å². The van der Waals surface area contributed by atoms with E-state index in [0.717, 1.165) is 203 Å². The molecule has 9 heterocycles. The third kappa shape index (κ3) is 16.8. The number of halogens is 3. The lowest BCUT2D eigenvalue weighted by Gasteiger charge is -2.46. The number of fused-ring (bicyclic) bond motifs is 9. The Morgan fingerprint density at radius 3 is 1.18 bits per heavy atom. The SMILES string of the molecule is C.CC(C)(C)[Si](C)(C)O[C@H]1CCCC[C@@H]1N1C(=O)c2cc(Cc3ccc(Cl)nc3)c3cccnc3c2C1CC=O.CN(C)CCC1c2c(cc(Cc3ccc(Cl)nc3)c3cccnc23)C(=O)N1[C@H]1CCCC[C@@H]1O.CN(C)CCC1c2c(cc(Cc3ccc(Cl)nc3)c3cccnc23)C(=O)N1[C@H]1CCCC[C@@H]1O. The second kappa shape index (κ2) is 34.3. The Bertz CT molecular complexity index is 4530. The van der Waals surface area contributed by atoms with Crippen molar-refractivity contribution < 1.29 is 33.8 Å². The summed E-state index contributed by atoms with van der Waals surface area (Å²) in [6, 6.07) is 28.5. The van der Waals surface area contributed by atoms with Gasteiger partial charge in [-0.1, -0.05) is 138 Å². The largest absolute Gasteiger partial charge is 0.412 e. The van der Waals surface area contributed by atoms with Crippen LogP contribution in [0.2, 0.25) is 33.6 Å². The Labute approximate surface area is 652 Å². The summed E-state index contributed by atoms with van der Waals surface area (Å²) in [6.45, 7) is 13.0. The summed E-state index contributed by atoms with van der Waals surface area (Å²) in [4.78, 5) is 91.4. The molecule has 3 aliphatic carbocycles. The summed E-state index contributed by atoms with van der Waals surface area (Å²) in [7, 11) is 6.15. The number of hydrogen-bond acceptors (Lipinski definition) is 15. The van der Waals surface area contributed by atoms with Gasteiger partial charge in [0.15, 0.2) is 8.32 Å². The molecular formula is C86H104Cl3N11O7Si. The van der Waals surface area contributed by atoms with Gasteiger partial charge in [-0.15, -0.1) is 0 Å². The molecule has 9 atom stereocenters. The van der Waals surface area contributed by atoms with Crippen molar-refractivity contribution in [1.29, 1.82) is 0 Å². The molecular weight excluding hydrogens is 1430 g/mol. The van der Waals surface area contributed by atoms with Crippen LogP contribution < -0.4 is 0 Å². The topological polar surface area (TPSA) is 212 Å². The highest BCUT2D eigenvalue weighted by Crippen LogP contribution is 2.50. The molecule has 2 N–H and O–H groups in total. The van der Waals surface area contributed by atoms with Gasteiger partial charge in [-0.25, -0.2) is 15.0 Å². The van der Waals surface area contributed by atoms with E-state index in [2.05, 4.69) is 105 Å². The molecule has 6 aromatic heterocycles. The lowest BCUT2D eigenvalue weighted by molar-refractivity contribution is -0.109. The molecule has 108 heavy (non-hydrogen) atoms. The number of aldehydes is 1. The van der Waals surface area contributed by atoms with E-state index in [1.54, 1.807) is 43.0 Å². The number of aliphatic hydroxyl groups is 2. The molecule has 22 heteroatoms. The number of aliphatic hydroxyl groups excluding tert-OH is 2. The highest BCUT2D eigenvalue weighted by molar-refractivity contribution is 6.74. The van der Waals surface area contributed by atoms with Crippen LogP contribution in [0.1, 0.15) is 224 Å². The lowest BCUT2D eigenvalue weighted by atomic mass is 9.89. The Hall–Kier alpha value is -7.69. The van der Waals surface area contributed by atoms with E-state index < -0.39 is 20.5 Å². The molecule has 0 radical (unpaired) electrons. The fourth-order valence-corrected chi connectivity index (χ4v) is 18.9. The number of pyridine rings is 6. The number of rotatable bonds is 19. The van der Waals surface area contributed by atoms with Gasteiger partial charge in [0.1, 0.15) is 21.7 Å². The number of carbonyl (C=O) groups is 4. The molecule has 3 saturated carbocycles. The maximum absolute atomic E-state index is 14.3. The number of aromatic nitrogens is 6. The highest BCUT2D eigenvalue weighted by Gasteiger charge is 2.50. The molecule has 570 valence electrons. The van der Waals surface area contributed by atoms with Gasteiger partial charge < -0.3 is 43.9 Å². The molecule has 3 amide bonds. The first-order valence-electron chi connectivity index (χ1n) is 38.2. The van der Waals surface area contributed by atoms with E-state index in [9.17, 15) is 29.4 Å². The average Bonchev–Trinajstić information content (AvgIpc) is 1.59. The van der Waals surface area contributed by atoms with Crippen molar-refractivity contribution in [1.82, 2.24) is 54.4 Å². The molecule has 3 aliphatic heterocycles. The summed E-state index contributed by atoms with van der Waals surface area (Å²) in [5, 5.41) is 26.3. The van der Waals surface area contributed by atoms with Crippen LogP contribution in [0.3, 0.4) is 0 Å². The van der Waals surface area contributed by atoms with E-state index >= 15 is 0 Å². The number of nitrogens with zero attached hydrogens (tertiary/aromatic N) is 11. The van der Waals surface area contributed by atoms with Crippen molar-refractivity contribution in [3.05, 3.63) is 210 Å². The Morgan fingerprint density at radius 1 is 0.500 bits per heavy atom. The van der Waals surface area contributed by atoms with Gasteiger partial charge in [0.05, 0.1) is 71.1 Å². The minimum Gasteiger partial charge on any atom is -0.412 e. The van der Waals surface area contributed by atoms with Crippen LogP contribution in [0.5, 0.6) is 0 Å². The monoisotopic (exact) mass is 1540 g/mol. The molecule has 0 spiro atoms. The second-order valence-corrected chi connectivity index (χ2v) is 38.0. The normalized spacial score (nSPS) is 22.1. The zero-order valence-corrected chi connectivity index (χ0v) is 66.3. The molecule has 3 unspecified atom stereocenters. The van der Waals surface area contributed by atoms with Crippen molar-refractivity contribution >= 4 is 99.8 Å². The van der Waals surface area contributed by atoms with E-state index in [-0.39, 0.29) is 79.0 Å².